The van der Waals surface area contributed by atoms with Crippen molar-refractivity contribution in [3.8, 4) is 0 Å². The smallest absolute Gasteiger partial charge is 0.326 e. The predicted octanol–water partition coefficient (Wildman–Crippen LogP) is 1.74. The van der Waals surface area contributed by atoms with Gasteiger partial charge in [-0.25, -0.2) is 9.59 Å². The summed E-state index contributed by atoms with van der Waals surface area (Å²) in [4.78, 5) is 23.1. The number of hydrogen-bond acceptors (Lipinski definition) is 3. The van der Waals surface area contributed by atoms with E-state index in [-0.39, 0.29) is 17.6 Å². The molecular weight excluding hydrogens is 260 g/mol. The highest BCUT2D eigenvalue weighted by molar-refractivity contribution is 5.82. The lowest BCUT2D eigenvalue weighted by Gasteiger charge is -2.36. The Morgan fingerprint density at radius 2 is 2.10 bits per heavy atom. The summed E-state index contributed by atoms with van der Waals surface area (Å²) in [7, 11) is 0. The molecule has 0 aromatic carbocycles. The first-order valence-corrected chi connectivity index (χ1v) is 7.19. The monoisotopic (exact) mass is 286 g/mol. The van der Waals surface area contributed by atoms with Crippen LogP contribution in [-0.2, 0) is 9.53 Å². The summed E-state index contributed by atoms with van der Waals surface area (Å²) in [5.41, 5.74) is -0.251. The molecule has 1 aliphatic heterocycles. The molecule has 2 amide bonds. The first-order valence-electron chi connectivity index (χ1n) is 7.19. The van der Waals surface area contributed by atoms with Gasteiger partial charge < -0.3 is 20.5 Å². The molecule has 116 valence electrons. The van der Waals surface area contributed by atoms with E-state index in [0.717, 1.165) is 12.8 Å². The Bertz CT molecular complexity index is 357. The van der Waals surface area contributed by atoms with Crippen LogP contribution >= 0.6 is 0 Å². The summed E-state index contributed by atoms with van der Waals surface area (Å²) >= 11 is 0. The zero-order valence-corrected chi connectivity index (χ0v) is 12.7. The minimum Gasteiger partial charge on any atom is -0.480 e. The summed E-state index contributed by atoms with van der Waals surface area (Å²) in [6.45, 7) is 8.29. The SMILES string of the molecule is CCC(C)C(NC(=O)NC1CCOC(C)(C)C1)C(=O)O. The third kappa shape index (κ3) is 5.00. The topological polar surface area (TPSA) is 87.7 Å². The number of carboxylic acids is 1. The molecule has 1 fully saturated rings. The van der Waals surface area contributed by atoms with E-state index in [0.29, 0.717) is 13.0 Å². The minimum absolute atomic E-state index is 0.0186. The van der Waals surface area contributed by atoms with Crippen LogP contribution in [0.1, 0.15) is 47.0 Å². The Kier molecular flexibility index (Phi) is 5.80. The van der Waals surface area contributed by atoms with E-state index in [1.165, 1.54) is 0 Å². The van der Waals surface area contributed by atoms with Crippen molar-refractivity contribution < 1.29 is 19.4 Å². The van der Waals surface area contributed by atoms with E-state index in [4.69, 9.17) is 9.84 Å². The fourth-order valence-electron chi connectivity index (χ4n) is 2.41. The average molecular weight is 286 g/mol. The second kappa shape index (κ2) is 6.92. The zero-order chi connectivity index (χ0) is 15.3. The first-order chi connectivity index (χ1) is 9.25. The number of carboxylic acid groups (broad SMARTS) is 1. The van der Waals surface area contributed by atoms with E-state index in [1.807, 2.05) is 27.7 Å². The van der Waals surface area contributed by atoms with Gasteiger partial charge in [0, 0.05) is 12.6 Å². The molecule has 0 bridgehead atoms. The average Bonchev–Trinajstić information content (AvgIpc) is 2.33. The molecule has 1 saturated heterocycles. The van der Waals surface area contributed by atoms with Crippen LogP contribution in [0.2, 0.25) is 0 Å². The normalized spacial score (nSPS) is 24.5. The molecule has 6 heteroatoms. The maximum Gasteiger partial charge on any atom is 0.326 e. The van der Waals surface area contributed by atoms with Gasteiger partial charge in [0.25, 0.3) is 0 Å². The van der Waals surface area contributed by atoms with E-state index >= 15 is 0 Å². The number of carbonyl (C=O) groups excluding carboxylic acids is 1. The predicted molar refractivity (Wildman–Crippen MR) is 75.6 cm³/mol. The van der Waals surface area contributed by atoms with Gasteiger partial charge in [-0.3, -0.25) is 0 Å². The molecule has 0 aromatic heterocycles. The van der Waals surface area contributed by atoms with Crippen LogP contribution in [0.4, 0.5) is 4.79 Å². The Hall–Kier alpha value is -1.30. The number of nitrogens with one attached hydrogen (secondary N) is 2. The van der Waals surface area contributed by atoms with Crippen LogP contribution in [0.3, 0.4) is 0 Å². The molecule has 1 heterocycles. The lowest BCUT2D eigenvalue weighted by molar-refractivity contribution is -0.140. The second-order valence-electron chi connectivity index (χ2n) is 6.12. The van der Waals surface area contributed by atoms with Gasteiger partial charge in [-0.2, -0.15) is 0 Å². The maximum absolute atomic E-state index is 11.9. The molecule has 3 unspecified atom stereocenters. The lowest BCUT2D eigenvalue weighted by atomic mass is 9.94. The summed E-state index contributed by atoms with van der Waals surface area (Å²) < 4.78 is 5.59. The van der Waals surface area contributed by atoms with E-state index < -0.39 is 18.0 Å². The Balaban J connectivity index is 2.51. The highest BCUT2D eigenvalue weighted by atomic mass is 16.5. The number of ether oxygens (including phenoxy) is 1. The Morgan fingerprint density at radius 1 is 1.45 bits per heavy atom. The lowest BCUT2D eigenvalue weighted by Crippen LogP contribution is -2.53. The number of aliphatic carboxylic acids is 1. The fourth-order valence-corrected chi connectivity index (χ4v) is 2.41. The van der Waals surface area contributed by atoms with Gasteiger partial charge in [-0.05, 0) is 32.6 Å². The molecule has 3 atom stereocenters. The van der Waals surface area contributed by atoms with Crippen LogP contribution in [0.15, 0.2) is 0 Å². The minimum atomic E-state index is -0.998. The summed E-state index contributed by atoms with van der Waals surface area (Å²) in [5.74, 6) is -1.11. The quantitative estimate of drug-likeness (QED) is 0.718. The zero-order valence-electron chi connectivity index (χ0n) is 12.7. The summed E-state index contributed by atoms with van der Waals surface area (Å²) in [5, 5.41) is 14.5. The third-order valence-electron chi connectivity index (χ3n) is 3.80. The van der Waals surface area contributed by atoms with E-state index in [2.05, 4.69) is 10.6 Å². The number of carbonyl (C=O) groups is 2. The number of amides is 2. The van der Waals surface area contributed by atoms with Gasteiger partial charge >= 0.3 is 12.0 Å². The highest BCUT2D eigenvalue weighted by Gasteiger charge is 2.31. The van der Waals surface area contributed by atoms with E-state index in [1.54, 1.807) is 0 Å². The standard InChI is InChI=1S/C14H26N2O4/c1-5-9(2)11(12(17)18)16-13(19)15-10-6-7-20-14(3,4)8-10/h9-11H,5-8H2,1-4H3,(H,17,18)(H2,15,16,19). The van der Waals surface area contributed by atoms with Gasteiger partial charge in [0.2, 0.25) is 0 Å². The highest BCUT2D eigenvalue weighted by Crippen LogP contribution is 2.23. The van der Waals surface area contributed by atoms with Crippen LogP contribution in [0.25, 0.3) is 0 Å². The molecule has 0 saturated carbocycles. The van der Waals surface area contributed by atoms with Gasteiger partial charge in [0.15, 0.2) is 0 Å². The van der Waals surface area contributed by atoms with Crippen LogP contribution in [-0.4, -0.2) is 41.4 Å². The van der Waals surface area contributed by atoms with Crippen molar-refractivity contribution in [2.45, 2.75) is 64.6 Å². The first kappa shape index (κ1) is 16.8. The van der Waals surface area contributed by atoms with Gasteiger partial charge in [-0.15, -0.1) is 0 Å². The van der Waals surface area contributed by atoms with Gasteiger partial charge in [-0.1, -0.05) is 20.3 Å². The number of urea groups is 1. The van der Waals surface area contributed by atoms with E-state index in [9.17, 15) is 9.59 Å². The van der Waals surface area contributed by atoms with Crippen molar-refractivity contribution in [1.29, 1.82) is 0 Å². The van der Waals surface area contributed by atoms with Crippen LogP contribution in [0.5, 0.6) is 0 Å². The molecule has 0 spiro atoms. The molecule has 20 heavy (non-hydrogen) atoms. The molecular formula is C14H26N2O4. The van der Waals surface area contributed by atoms with Crippen LogP contribution in [0, 0.1) is 5.92 Å². The summed E-state index contributed by atoms with van der Waals surface area (Å²) in [6, 6.07) is -1.25. The molecule has 0 aliphatic carbocycles. The second-order valence-corrected chi connectivity index (χ2v) is 6.12. The van der Waals surface area contributed by atoms with Crippen molar-refractivity contribution >= 4 is 12.0 Å². The molecule has 1 rings (SSSR count). The molecule has 3 N–H and O–H groups in total. The molecule has 6 nitrogen and oxygen atoms in total. The Morgan fingerprint density at radius 3 is 2.60 bits per heavy atom. The number of rotatable bonds is 5. The maximum atomic E-state index is 11.9. The van der Waals surface area contributed by atoms with Crippen LogP contribution < -0.4 is 10.6 Å². The Labute approximate surface area is 120 Å². The van der Waals surface area contributed by atoms with Crippen molar-refractivity contribution in [3.63, 3.8) is 0 Å². The third-order valence-corrected chi connectivity index (χ3v) is 3.80. The largest absolute Gasteiger partial charge is 0.480 e. The van der Waals surface area contributed by atoms with Crippen molar-refractivity contribution in [2.75, 3.05) is 6.61 Å². The molecule has 0 aromatic rings. The van der Waals surface area contributed by atoms with Crippen molar-refractivity contribution in [1.82, 2.24) is 10.6 Å². The molecule has 0 radical (unpaired) electrons. The summed E-state index contributed by atoms with van der Waals surface area (Å²) in [6.07, 6.45) is 2.17. The fraction of sp³-hybridized carbons (Fsp3) is 0.857. The van der Waals surface area contributed by atoms with Gasteiger partial charge in [0.1, 0.15) is 6.04 Å². The van der Waals surface area contributed by atoms with Crippen molar-refractivity contribution in [3.05, 3.63) is 0 Å². The van der Waals surface area contributed by atoms with Gasteiger partial charge in [0.05, 0.1) is 5.60 Å². The van der Waals surface area contributed by atoms with Crippen molar-refractivity contribution in [2.24, 2.45) is 5.92 Å². The molecule has 1 aliphatic rings. The number of hydrogen-bond donors (Lipinski definition) is 3.